The van der Waals surface area contributed by atoms with E-state index in [1.807, 2.05) is 44.2 Å². The summed E-state index contributed by atoms with van der Waals surface area (Å²) in [6.07, 6.45) is 0. The number of nitrogens with zero attached hydrogens (tertiary/aromatic N) is 4. The van der Waals surface area contributed by atoms with Gasteiger partial charge in [-0.1, -0.05) is 47.2 Å². The van der Waals surface area contributed by atoms with Crippen molar-refractivity contribution >= 4 is 38.9 Å². The Labute approximate surface area is 169 Å². The van der Waals surface area contributed by atoms with Gasteiger partial charge < -0.3 is 4.74 Å². The lowest BCUT2D eigenvalue weighted by Gasteiger charge is -2.09. The van der Waals surface area contributed by atoms with Gasteiger partial charge in [-0.2, -0.15) is 4.52 Å². The second-order valence-electron chi connectivity index (χ2n) is 6.24. The number of hydrogen-bond donors (Lipinski definition) is 1. The van der Waals surface area contributed by atoms with Crippen LogP contribution in [0.4, 0.5) is 5.13 Å². The zero-order valence-electron chi connectivity index (χ0n) is 15.1. The van der Waals surface area contributed by atoms with Gasteiger partial charge in [0.25, 0.3) is 5.91 Å². The van der Waals surface area contributed by atoms with Crippen molar-refractivity contribution in [2.45, 2.75) is 13.8 Å². The number of anilines is 1. The third-order valence-corrected chi connectivity index (χ3v) is 5.07. The van der Waals surface area contributed by atoms with Crippen molar-refractivity contribution in [2.24, 2.45) is 0 Å². The maximum atomic E-state index is 12.2. The molecule has 2 aromatic heterocycles. The molecule has 1 amide bonds. The first kappa shape index (κ1) is 18.4. The number of hydrogen-bond acceptors (Lipinski definition) is 6. The Morgan fingerprint density at radius 1 is 1.21 bits per heavy atom. The van der Waals surface area contributed by atoms with Crippen LogP contribution in [0.15, 0.2) is 42.5 Å². The molecule has 0 bridgehead atoms. The summed E-state index contributed by atoms with van der Waals surface area (Å²) in [7, 11) is 0. The van der Waals surface area contributed by atoms with Crippen LogP contribution in [-0.2, 0) is 4.79 Å². The molecule has 7 nitrogen and oxygen atoms in total. The third-order valence-electron chi connectivity index (χ3n) is 4.02. The van der Waals surface area contributed by atoms with Crippen LogP contribution in [0.2, 0.25) is 5.02 Å². The summed E-state index contributed by atoms with van der Waals surface area (Å²) in [4.78, 5) is 12.8. The molecule has 1 N–H and O–H groups in total. The van der Waals surface area contributed by atoms with Gasteiger partial charge in [-0.3, -0.25) is 10.1 Å². The van der Waals surface area contributed by atoms with E-state index in [2.05, 4.69) is 20.6 Å². The Balaban J connectivity index is 1.48. The van der Waals surface area contributed by atoms with Crippen LogP contribution < -0.4 is 10.1 Å². The van der Waals surface area contributed by atoms with Gasteiger partial charge >= 0.3 is 0 Å². The van der Waals surface area contributed by atoms with E-state index in [9.17, 15) is 4.79 Å². The van der Waals surface area contributed by atoms with Crippen LogP contribution in [-0.4, -0.2) is 32.3 Å². The quantitative estimate of drug-likeness (QED) is 0.531. The summed E-state index contributed by atoms with van der Waals surface area (Å²) in [5.74, 6) is 0.951. The predicted octanol–water partition coefficient (Wildman–Crippen LogP) is 4.14. The van der Waals surface area contributed by atoms with Gasteiger partial charge in [0.05, 0.1) is 0 Å². The Kier molecular flexibility index (Phi) is 4.97. The van der Waals surface area contributed by atoms with Crippen LogP contribution in [0.5, 0.6) is 5.75 Å². The lowest BCUT2D eigenvalue weighted by molar-refractivity contribution is -0.118. The minimum absolute atomic E-state index is 0.106. The van der Waals surface area contributed by atoms with Gasteiger partial charge in [0.1, 0.15) is 5.75 Å². The number of nitrogens with one attached hydrogen (secondary N) is 1. The van der Waals surface area contributed by atoms with E-state index < -0.39 is 0 Å². The van der Waals surface area contributed by atoms with Crippen LogP contribution in [0.25, 0.3) is 16.3 Å². The number of aromatic nitrogens is 4. The number of halogens is 1. The van der Waals surface area contributed by atoms with Crippen molar-refractivity contribution in [1.29, 1.82) is 0 Å². The number of benzene rings is 2. The molecule has 0 saturated carbocycles. The lowest BCUT2D eigenvalue weighted by Crippen LogP contribution is -2.20. The number of carbonyl (C=O) groups is 1. The largest absolute Gasteiger partial charge is 0.483 e. The lowest BCUT2D eigenvalue weighted by atomic mass is 10.1. The first-order chi connectivity index (χ1) is 13.5. The summed E-state index contributed by atoms with van der Waals surface area (Å²) in [5.41, 5.74) is 2.84. The molecule has 0 aliphatic carbocycles. The molecule has 0 saturated heterocycles. The highest BCUT2D eigenvalue weighted by molar-refractivity contribution is 7.20. The van der Waals surface area contributed by atoms with Gasteiger partial charge in [0.15, 0.2) is 12.4 Å². The van der Waals surface area contributed by atoms with E-state index in [4.69, 9.17) is 16.3 Å². The van der Waals surface area contributed by atoms with Crippen molar-refractivity contribution in [2.75, 3.05) is 11.9 Å². The number of carbonyl (C=O) groups excluding carboxylic acids is 1. The molecule has 2 aromatic carbocycles. The van der Waals surface area contributed by atoms with E-state index in [0.717, 1.165) is 16.7 Å². The molecule has 0 radical (unpaired) electrons. The zero-order chi connectivity index (χ0) is 19.7. The van der Waals surface area contributed by atoms with Gasteiger partial charge in [0.2, 0.25) is 10.1 Å². The monoisotopic (exact) mass is 413 g/mol. The molecular weight excluding hydrogens is 398 g/mol. The van der Waals surface area contributed by atoms with Crippen LogP contribution in [0.1, 0.15) is 11.1 Å². The normalized spacial score (nSPS) is 11.0. The third kappa shape index (κ3) is 3.83. The highest BCUT2D eigenvalue weighted by Crippen LogP contribution is 2.26. The van der Waals surface area contributed by atoms with E-state index in [0.29, 0.717) is 26.7 Å². The number of rotatable bonds is 5. The predicted molar refractivity (Wildman–Crippen MR) is 109 cm³/mol. The Morgan fingerprint density at radius 3 is 2.89 bits per heavy atom. The second kappa shape index (κ2) is 7.57. The molecule has 0 spiro atoms. The average molecular weight is 414 g/mol. The summed E-state index contributed by atoms with van der Waals surface area (Å²) in [6.45, 7) is 3.81. The second-order valence-corrected chi connectivity index (χ2v) is 7.63. The van der Waals surface area contributed by atoms with Crippen LogP contribution in [0.3, 0.4) is 0 Å². The molecule has 0 fully saturated rings. The SMILES string of the molecule is Cc1ccc(C)c(OCC(=O)Nc2nn3c(-c4cccc(Cl)c4)nnc3s2)c1. The highest BCUT2D eigenvalue weighted by atomic mass is 35.5. The molecule has 0 aliphatic heterocycles. The Morgan fingerprint density at radius 2 is 2.07 bits per heavy atom. The topological polar surface area (TPSA) is 81.4 Å². The van der Waals surface area contributed by atoms with Gasteiger partial charge in [-0.15, -0.1) is 15.3 Å². The molecule has 4 aromatic rings. The minimum Gasteiger partial charge on any atom is -0.483 e. The molecule has 0 unspecified atom stereocenters. The number of fused-ring (bicyclic) bond motifs is 1. The first-order valence-corrected chi connectivity index (χ1v) is 9.67. The minimum atomic E-state index is -0.296. The van der Waals surface area contributed by atoms with E-state index in [-0.39, 0.29) is 12.5 Å². The first-order valence-electron chi connectivity index (χ1n) is 8.48. The fraction of sp³-hybridized carbons (Fsp3) is 0.158. The van der Waals surface area contributed by atoms with E-state index in [1.54, 1.807) is 16.6 Å². The van der Waals surface area contributed by atoms with E-state index in [1.165, 1.54) is 11.3 Å². The molecule has 0 atom stereocenters. The van der Waals surface area contributed by atoms with Crippen LogP contribution in [0, 0.1) is 13.8 Å². The summed E-state index contributed by atoms with van der Waals surface area (Å²) in [5, 5.41) is 16.4. The van der Waals surface area contributed by atoms with Crippen molar-refractivity contribution in [1.82, 2.24) is 19.8 Å². The molecule has 28 heavy (non-hydrogen) atoms. The Bertz CT molecular complexity index is 1170. The maximum absolute atomic E-state index is 12.2. The van der Waals surface area contributed by atoms with Gasteiger partial charge in [-0.05, 0) is 43.2 Å². The summed E-state index contributed by atoms with van der Waals surface area (Å²) < 4.78 is 7.21. The fourth-order valence-corrected chi connectivity index (χ4v) is 3.58. The molecular formula is C19H16ClN5O2S. The summed E-state index contributed by atoms with van der Waals surface area (Å²) in [6, 6.07) is 13.1. The van der Waals surface area contributed by atoms with Crippen molar-refractivity contribution in [3.63, 3.8) is 0 Å². The van der Waals surface area contributed by atoms with Crippen LogP contribution >= 0.6 is 22.9 Å². The van der Waals surface area contributed by atoms with E-state index >= 15 is 0 Å². The van der Waals surface area contributed by atoms with Gasteiger partial charge in [-0.25, -0.2) is 0 Å². The number of amides is 1. The zero-order valence-corrected chi connectivity index (χ0v) is 16.7. The summed E-state index contributed by atoms with van der Waals surface area (Å²) >= 11 is 7.28. The molecule has 9 heteroatoms. The standard InChI is InChI=1S/C19H16ClN5O2S/c1-11-6-7-12(2)15(8-11)27-10-16(26)21-18-24-25-17(22-23-19(25)28-18)13-4-3-5-14(20)9-13/h3-9H,10H2,1-2H3,(H,21,24,26). The molecule has 142 valence electrons. The number of ether oxygens (including phenoxy) is 1. The molecule has 0 aliphatic rings. The molecule has 4 rings (SSSR count). The van der Waals surface area contributed by atoms with Crippen molar-refractivity contribution in [3.8, 4) is 17.1 Å². The van der Waals surface area contributed by atoms with Crippen molar-refractivity contribution < 1.29 is 9.53 Å². The number of aryl methyl sites for hydroxylation is 2. The van der Waals surface area contributed by atoms with Gasteiger partial charge in [0, 0.05) is 10.6 Å². The maximum Gasteiger partial charge on any atom is 0.264 e. The fourth-order valence-electron chi connectivity index (χ4n) is 2.64. The highest BCUT2D eigenvalue weighted by Gasteiger charge is 2.15. The molecule has 2 heterocycles. The average Bonchev–Trinajstić information content (AvgIpc) is 3.22. The smallest absolute Gasteiger partial charge is 0.264 e. The Hall–Kier alpha value is -2.97. The van der Waals surface area contributed by atoms with Crippen molar-refractivity contribution in [3.05, 3.63) is 58.6 Å².